The maximum atomic E-state index is 15.8. The molecule has 0 saturated carbocycles. The highest BCUT2D eigenvalue weighted by Crippen LogP contribution is 2.37. The first-order chi connectivity index (χ1) is 18.9. The molecular formula is C29H31F3N6O2. The van der Waals surface area contributed by atoms with Gasteiger partial charge in [-0.25, -0.2) is 18.2 Å². The maximum Gasteiger partial charge on any atom is 0.264 e. The lowest BCUT2D eigenvalue weighted by Gasteiger charge is -2.44. The molecule has 3 heterocycles. The van der Waals surface area contributed by atoms with Gasteiger partial charge in [-0.2, -0.15) is 0 Å². The van der Waals surface area contributed by atoms with E-state index in [1.807, 2.05) is 29.6 Å². The van der Waals surface area contributed by atoms with Crippen LogP contribution in [0.25, 0.3) is 22.2 Å². The van der Waals surface area contributed by atoms with Crippen LogP contribution in [0.15, 0.2) is 53.7 Å². The van der Waals surface area contributed by atoms with Crippen molar-refractivity contribution in [2.24, 2.45) is 14.1 Å². The van der Waals surface area contributed by atoms with E-state index in [0.29, 0.717) is 24.3 Å². The Morgan fingerprint density at radius 2 is 1.73 bits per heavy atom. The van der Waals surface area contributed by atoms with Gasteiger partial charge in [-0.05, 0) is 50.7 Å². The van der Waals surface area contributed by atoms with Gasteiger partial charge in [-0.1, -0.05) is 6.07 Å². The van der Waals surface area contributed by atoms with E-state index in [9.17, 15) is 18.4 Å². The van der Waals surface area contributed by atoms with E-state index in [-0.39, 0.29) is 28.9 Å². The Bertz CT molecular complexity index is 1650. The number of likely N-dealkylation sites (N-methyl/N-ethyl adjacent to an activating group) is 1. The zero-order chi connectivity index (χ0) is 28.9. The van der Waals surface area contributed by atoms with Crippen LogP contribution in [0.3, 0.4) is 0 Å². The van der Waals surface area contributed by atoms with Crippen LogP contribution in [0.1, 0.15) is 36.2 Å². The number of nitrogens with one attached hydrogen (secondary N) is 1. The van der Waals surface area contributed by atoms with Crippen LogP contribution >= 0.6 is 0 Å². The molecule has 11 heteroatoms. The molecule has 1 N–H and O–H groups in total. The van der Waals surface area contributed by atoms with Gasteiger partial charge in [0.05, 0.1) is 34.3 Å². The highest BCUT2D eigenvalue weighted by molar-refractivity contribution is 6.07. The summed E-state index contributed by atoms with van der Waals surface area (Å²) in [6, 6.07) is 9.35. The van der Waals surface area contributed by atoms with Crippen molar-refractivity contribution in [3.05, 3.63) is 76.2 Å². The third-order valence-electron chi connectivity index (χ3n) is 7.81. The molecule has 1 fully saturated rings. The number of aromatic nitrogens is 3. The number of pyridine rings is 1. The zero-order valence-electron chi connectivity index (χ0n) is 23.0. The number of anilines is 2. The lowest BCUT2D eigenvalue weighted by Crippen LogP contribution is -2.55. The highest BCUT2D eigenvalue weighted by Gasteiger charge is 2.30. The normalized spacial score (nSPS) is 18.1. The molecule has 0 bridgehead atoms. The Morgan fingerprint density at radius 3 is 2.40 bits per heavy atom. The van der Waals surface area contributed by atoms with Gasteiger partial charge >= 0.3 is 0 Å². The van der Waals surface area contributed by atoms with Gasteiger partial charge in [-0.15, -0.1) is 0 Å². The molecular weight excluding hydrogens is 521 g/mol. The number of benzene rings is 2. The predicted octanol–water partition coefficient (Wildman–Crippen LogP) is 4.80. The minimum atomic E-state index is -3.03. The van der Waals surface area contributed by atoms with Crippen molar-refractivity contribution < 1.29 is 18.0 Å². The zero-order valence-corrected chi connectivity index (χ0v) is 23.0. The first-order valence-corrected chi connectivity index (χ1v) is 13.0. The molecule has 8 nitrogen and oxygen atoms in total. The number of hydrogen-bond donors (Lipinski definition) is 1. The Kier molecular flexibility index (Phi) is 7.17. The van der Waals surface area contributed by atoms with E-state index >= 15 is 4.39 Å². The molecule has 40 heavy (non-hydrogen) atoms. The summed E-state index contributed by atoms with van der Waals surface area (Å²) < 4.78 is 46.3. The minimum Gasteiger partial charge on any atom is -0.367 e. The van der Waals surface area contributed by atoms with E-state index in [0.717, 1.165) is 27.9 Å². The fourth-order valence-corrected chi connectivity index (χ4v) is 5.24. The number of alkyl halides is 2. The largest absolute Gasteiger partial charge is 0.367 e. The topological polar surface area (TPSA) is 75.4 Å². The molecule has 1 amide bonds. The average molecular weight is 553 g/mol. The Labute approximate surface area is 229 Å². The van der Waals surface area contributed by atoms with Gasteiger partial charge in [0.15, 0.2) is 0 Å². The number of rotatable bonds is 5. The number of carbonyl (C=O) groups excluding carboxylic acids is 1. The summed E-state index contributed by atoms with van der Waals surface area (Å²) in [5, 5.41) is 2.76. The number of nitrogens with zero attached hydrogens (tertiary/aromatic N) is 5. The first-order valence-electron chi connectivity index (χ1n) is 13.0. The summed E-state index contributed by atoms with van der Waals surface area (Å²) in [6.45, 7) is 5.28. The summed E-state index contributed by atoms with van der Waals surface area (Å²) in [4.78, 5) is 34.0. The number of aryl methyl sites for hydroxylation is 2. The van der Waals surface area contributed by atoms with Crippen molar-refractivity contribution in [3.8, 4) is 11.1 Å². The van der Waals surface area contributed by atoms with Crippen molar-refractivity contribution >= 4 is 28.3 Å². The molecule has 2 aromatic heterocycles. The van der Waals surface area contributed by atoms with Gasteiger partial charge in [0.1, 0.15) is 5.82 Å². The van der Waals surface area contributed by atoms with Crippen LogP contribution in [-0.4, -0.2) is 57.1 Å². The third-order valence-corrected chi connectivity index (χ3v) is 7.81. The second-order valence-corrected chi connectivity index (χ2v) is 10.5. The van der Waals surface area contributed by atoms with Crippen LogP contribution < -0.4 is 15.8 Å². The number of amides is 1. The average Bonchev–Trinajstić information content (AvgIpc) is 3.28. The SMILES string of the molecule is CC1CN(c2cc(F)c(-c3ccc4ncn(C)c4c3)cc2NC(=O)c2cn(C)c(=O)cc2C(F)F)CC(C)N1C. The summed E-state index contributed by atoms with van der Waals surface area (Å²) in [6.07, 6.45) is -0.259. The van der Waals surface area contributed by atoms with Gasteiger partial charge in [-0.3, -0.25) is 14.5 Å². The van der Waals surface area contributed by atoms with Crippen molar-refractivity contribution in [1.82, 2.24) is 19.0 Å². The van der Waals surface area contributed by atoms with Crippen LogP contribution in [0.4, 0.5) is 24.5 Å². The van der Waals surface area contributed by atoms with E-state index in [2.05, 4.69) is 29.0 Å². The molecule has 0 spiro atoms. The number of halogens is 3. The van der Waals surface area contributed by atoms with E-state index in [4.69, 9.17) is 0 Å². The number of fused-ring (bicyclic) bond motifs is 1. The number of piperazine rings is 1. The summed E-state index contributed by atoms with van der Waals surface area (Å²) in [5.74, 6) is -1.30. The molecule has 0 aliphatic carbocycles. The van der Waals surface area contributed by atoms with Gasteiger partial charge in [0, 0.05) is 62.7 Å². The molecule has 2 unspecified atom stereocenters. The van der Waals surface area contributed by atoms with Gasteiger partial charge in [0.2, 0.25) is 0 Å². The molecule has 1 saturated heterocycles. The van der Waals surface area contributed by atoms with E-state index in [1.54, 1.807) is 18.5 Å². The summed E-state index contributed by atoms with van der Waals surface area (Å²) in [5.41, 5.74) is 1.47. The molecule has 5 rings (SSSR count). The molecule has 0 radical (unpaired) electrons. The van der Waals surface area contributed by atoms with Gasteiger partial charge in [0.25, 0.3) is 17.9 Å². The minimum absolute atomic E-state index is 0.149. The van der Waals surface area contributed by atoms with E-state index in [1.165, 1.54) is 19.2 Å². The first kappa shape index (κ1) is 27.4. The monoisotopic (exact) mass is 552 g/mol. The lowest BCUT2D eigenvalue weighted by molar-refractivity contribution is 0.101. The highest BCUT2D eigenvalue weighted by atomic mass is 19.3. The second-order valence-electron chi connectivity index (χ2n) is 10.5. The number of carbonyl (C=O) groups is 1. The predicted molar refractivity (Wildman–Crippen MR) is 150 cm³/mol. The van der Waals surface area contributed by atoms with Crippen LogP contribution in [0.5, 0.6) is 0 Å². The third kappa shape index (κ3) is 4.97. The second kappa shape index (κ2) is 10.5. The van der Waals surface area contributed by atoms with Crippen LogP contribution in [0, 0.1) is 5.82 Å². The quantitative estimate of drug-likeness (QED) is 0.385. The fraction of sp³-hybridized carbons (Fsp3) is 0.345. The van der Waals surface area contributed by atoms with Gasteiger partial charge < -0.3 is 19.4 Å². The number of imidazole rings is 1. The maximum absolute atomic E-state index is 15.8. The Hall–Kier alpha value is -4.12. The van der Waals surface area contributed by atoms with Crippen molar-refractivity contribution in [2.75, 3.05) is 30.4 Å². The van der Waals surface area contributed by atoms with Crippen molar-refractivity contribution in [1.29, 1.82) is 0 Å². The van der Waals surface area contributed by atoms with Crippen molar-refractivity contribution in [3.63, 3.8) is 0 Å². The molecule has 4 aromatic rings. The van der Waals surface area contributed by atoms with E-state index < -0.39 is 29.3 Å². The smallest absolute Gasteiger partial charge is 0.264 e. The van der Waals surface area contributed by atoms with Crippen molar-refractivity contribution in [2.45, 2.75) is 32.4 Å². The Balaban J connectivity index is 1.63. The Morgan fingerprint density at radius 1 is 1.02 bits per heavy atom. The lowest BCUT2D eigenvalue weighted by atomic mass is 10.0. The standard InChI is InChI=1S/C29H31F3N6O2/c1-16-12-38(13-17(2)37(16)5)26-11-22(30)19(18-6-7-23-25(8-18)36(4)15-33-23)9-24(26)34-29(40)21-14-35(3)27(39)10-20(21)28(31)32/h6-11,14-17,28H,12-13H2,1-5H3,(H,34,40). The molecule has 1 aliphatic rings. The summed E-state index contributed by atoms with van der Waals surface area (Å²) >= 11 is 0. The van der Waals surface area contributed by atoms with Crippen LogP contribution in [-0.2, 0) is 14.1 Å². The molecule has 2 atom stereocenters. The number of hydrogen-bond acceptors (Lipinski definition) is 5. The molecule has 210 valence electrons. The fourth-order valence-electron chi connectivity index (χ4n) is 5.24. The molecule has 2 aromatic carbocycles. The van der Waals surface area contributed by atoms with Crippen LogP contribution in [0.2, 0.25) is 0 Å². The summed E-state index contributed by atoms with van der Waals surface area (Å²) in [7, 11) is 5.25. The molecule has 1 aliphatic heterocycles.